The lowest BCUT2D eigenvalue weighted by molar-refractivity contribution is -0.179. The number of hydrogen-bond donors (Lipinski definition) is 1. The molecule has 4 rings (SSSR count). The fraction of sp³-hybridized carbons (Fsp3) is 0.476. The minimum Gasteiger partial charge on any atom is -0.494 e. The molecular formula is C21H24F3N7O3. The van der Waals surface area contributed by atoms with Crippen LogP contribution in [0.5, 0.6) is 11.6 Å². The number of urea groups is 1. The number of alkyl halides is 3. The molecule has 3 aromatic heterocycles. The van der Waals surface area contributed by atoms with Crippen LogP contribution in [-0.4, -0.2) is 68.5 Å². The van der Waals surface area contributed by atoms with Gasteiger partial charge >= 0.3 is 12.2 Å². The van der Waals surface area contributed by atoms with E-state index >= 15 is 0 Å². The summed E-state index contributed by atoms with van der Waals surface area (Å²) in [6, 6.07) is -1.84. The Morgan fingerprint density at radius 2 is 2.09 bits per heavy atom. The number of fused-ring (bicyclic) bond motifs is 7. The molecule has 34 heavy (non-hydrogen) atoms. The highest BCUT2D eigenvalue weighted by Crippen LogP contribution is 2.40. The predicted molar refractivity (Wildman–Crippen MR) is 114 cm³/mol. The Kier molecular flexibility index (Phi) is 6.70. The molecule has 1 aliphatic heterocycles. The molecule has 0 saturated heterocycles. The van der Waals surface area contributed by atoms with Gasteiger partial charge < -0.3 is 19.7 Å². The normalized spacial score (nSPS) is 17.9. The Hall–Kier alpha value is -3.64. The van der Waals surface area contributed by atoms with Crippen LogP contribution in [0.15, 0.2) is 24.8 Å². The van der Waals surface area contributed by atoms with Crippen LogP contribution in [0.2, 0.25) is 0 Å². The number of pyridine rings is 1. The summed E-state index contributed by atoms with van der Waals surface area (Å²) in [5.41, 5.74) is 0.521. The zero-order valence-electron chi connectivity index (χ0n) is 18.7. The van der Waals surface area contributed by atoms with Crippen molar-refractivity contribution in [1.29, 1.82) is 0 Å². The number of halogens is 3. The number of carbonyl (C=O) groups is 1. The van der Waals surface area contributed by atoms with Crippen LogP contribution < -0.4 is 14.8 Å². The lowest BCUT2D eigenvalue weighted by Crippen LogP contribution is -2.47. The molecule has 0 aliphatic carbocycles. The second-order valence-electron chi connectivity index (χ2n) is 7.64. The van der Waals surface area contributed by atoms with E-state index in [9.17, 15) is 18.0 Å². The van der Waals surface area contributed by atoms with Gasteiger partial charge in [0, 0.05) is 18.7 Å². The fourth-order valence-electron chi connectivity index (χ4n) is 3.82. The van der Waals surface area contributed by atoms with Gasteiger partial charge in [-0.1, -0.05) is 0 Å². The monoisotopic (exact) mass is 479 g/mol. The van der Waals surface area contributed by atoms with E-state index in [4.69, 9.17) is 9.47 Å². The van der Waals surface area contributed by atoms with Crippen LogP contribution in [0.3, 0.4) is 0 Å². The number of nitrogens with zero attached hydrogens (tertiary/aromatic N) is 6. The second-order valence-corrected chi connectivity index (χ2v) is 7.64. The van der Waals surface area contributed by atoms with E-state index in [2.05, 4.69) is 25.4 Å². The molecule has 0 spiro atoms. The summed E-state index contributed by atoms with van der Waals surface area (Å²) in [5, 5.41) is 6.71. The van der Waals surface area contributed by atoms with E-state index < -0.39 is 18.2 Å². The second kappa shape index (κ2) is 9.69. The maximum Gasteiger partial charge on any atom is 0.414 e. The Labute approximate surface area is 193 Å². The molecule has 1 N–H and O–H groups in total. The first-order valence-electron chi connectivity index (χ1n) is 10.8. The van der Waals surface area contributed by atoms with Crippen LogP contribution in [0.1, 0.15) is 37.9 Å². The molecule has 0 fully saturated rings. The Bertz CT molecular complexity index is 1170. The van der Waals surface area contributed by atoms with Crippen LogP contribution in [0.4, 0.5) is 18.0 Å². The first kappa shape index (κ1) is 23.5. The molecule has 2 amide bonds. The van der Waals surface area contributed by atoms with E-state index in [-0.39, 0.29) is 41.7 Å². The lowest BCUT2D eigenvalue weighted by atomic mass is 10.1. The van der Waals surface area contributed by atoms with Crippen LogP contribution in [0, 0.1) is 0 Å². The van der Waals surface area contributed by atoms with Crippen molar-refractivity contribution < 1.29 is 27.4 Å². The lowest BCUT2D eigenvalue weighted by Gasteiger charge is -2.32. The fourth-order valence-corrected chi connectivity index (χ4v) is 3.82. The molecule has 0 radical (unpaired) electrons. The maximum absolute atomic E-state index is 14.3. The maximum atomic E-state index is 14.3. The molecule has 0 aromatic carbocycles. The van der Waals surface area contributed by atoms with Gasteiger partial charge in [-0.3, -0.25) is 4.98 Å². The largest absolute Gasteiger partial charge is 0.494 e. The zero-order chi connectivity index (χ0) is 24.3. The molecule has 1 unspecified atom stereocenters. The summed E-state index contributed by atoms with van der Waals surface area (Å²) in [6.07, 6.45) is 1.22. The summed E-state index contributed by atoms with van der Waals surface area (Å²) in [4.78, 5) is 26.1. The Balaban J connectivity index is 1.91. The molecule has 1 aliphatic rings. The summed E-state index contributed by atoms with van der Waals surface area (Å²) in [7, 11) is 1.38. The number of amides is 2. The van der Waals surface area contributed by atoms with Crippen LogP contribution >= 0.6 is 0 Å². The van der Waals surface area contributed by atoms with Gasteiger partial charge in [-0.25, -0.2) is 19.3 Å². The van der Waals surface area contributed by atoms with Crippen molar-refractivity contribution in [3.8, 4) is 22.9 Å². The first-order chi connectivity index (χ1) is 16.3. The van der Waals surface area contributed by atoms with Crippen molar-refractivity contribution in [2.45, 2.75) is 38.4 Å². The predicted octanol–water partition coefficient (Wildman–Crippen LogP) is 3.39. The van der Waals surface area contributed by atoms with Crippen molar-refractivity contribution in [2.75, 3.05) is 26.8 Å². The van der Waals surface area contributed by atoms with Crippen molar-refractivity contribution in [3.05, 3.63) is 30.5 Å². The molecule has 4 heterocycles. The van der Waals surface area contributed by atoms with Gasteiger partial charge in [-0.15, -0.1) is 0 Å². The average molecular weight is 479 g/mol. The third kappa shape index (κ3) is 4.68. The molecule has 10 nitrogen and oxygen atoms in total. The van der Waals surface area contributed by atoms with Crippen LogP contribution in [0.25, 0.3) is 16.9 Å². The molecule has 1 atom stereocenters. The highest BCUT2D eigenvalue weighted by atomic mass is 19.4. The standard InChI is InChI=1S/C21H24F3N7O3/c1-3-30-17(21(22,23)24)14-9-13(16(33-2)10-26-14)15-11-31-18(27-12-28-31)19(29-15)34-8-6-4-5-7-25-20(30)32/h9-12,17H,3-8H2,1-2H3,(H,25,32). The summed E-state index contributed by atoms with van der Waals surface area (Å²) in [6.45, 7) is 1.91. The van der Waals surface area contributed by atoms with E-state index in [0.717, 1.165) is 4.90 Å². The highest BCUT2D eigenvalue weighted by molar-refractivity contribution is 5.75. The van der Waals surface area contributed by atoms with E-state index in [1.807, 2.05) is 0 Å². The quantitative estimate of drug-likeness (QED) is 0.600. The van der Waals surface area contributed by atoms with E-state index in [0.29, 0.717) is 31.5 Å². The minimum atomic E-state index is -4.77. The van der Waals surface area contributed by atoms with Crippen molar-refractivity contribution >= 4 is 11.7 Å². The van der Waals surface area contributed by atoms with Gasteiger partial charge in [0.1, 0.15) is 12.1 Å². The molecule has 0 saturated carbocycles. The molecular weight excluding hydrogens is 455 g/mol. The Morgan fingerprint density at radius 1 is 1.26 bits per heavy atom. The minimum absolute atomic E-state index is 0.166. The number of nitrogens with one attached hydrogen (secondary N) is 1. The van der Waals surface area contributed by atoms with Gasteiger partial charge in [0.2, 0.25) is 5.65 Å². The summed E-state index contributed by atoms with van der Waals surface area (Å²) >= 11 is 0. The summed E-state index contributed by atoms with van der Waals surface area (Å²) < 4.78 is 55.4. The van der Waals surface area contributed by atoms with E-state index in [1.165, 1.54) is 43.3 Å². The molecule has 3 aromatic rings. The van der Waals surface area contributed by atoms with Crippen LogP contribution in [-0.2, 0) is 0 Å². The Morgan fingerprint density at radius 3 is 2.82 bits per heavy atom. The van der Waals surface area contributed by atoms with Gasteiger partial charge in [0.15, 0.2) is 6.04 Å². The first-order valence-corrected chi connectivity index (χ1v) is 10.8. The zero-order valence-corrected chi connectivity index (χ0v) is 18.7. The number of rotatable bonds is 2. The van der Waals surface area contributed by atoms with Gasteiger partial charge in [0.25, 0.3) is 5.88 Å². The third-order valence-electron chi connectivity index (χ3n) is 5.45. The number of aromatic nitrogens is 5. The number of carbonyl (C=O) groups excluding carboxylic acids is 1. The number of methoxy groups -OCH3 is 1. The van der Waals surface area contributed by atoms with Crippen molar-refractivity contribution in [1.82, 2.24) is 34.8 Å². The average Bonchev–Trinajstić information content (AvgIpc) is 3.28. The topological polar surface area (TPSA) is 107 Å². The third-order valence-corrected chi connectivity index (χ3v) is 5.45. The van der Waals surface area contributed by atoms with Crippen molar-refractivity contribution in [2.24, 2.45) is 0 Å². The highest BCUT2D eigenvalue weighted by Gasteiger charge is 2.47. The van der Waals surface area contributed by atoms with Gasteiger partial charge in [-0.05, 0) is 32.3 Å². The van der Waals surface area contributed by atoms with Crippen molar-refractivity contribution in [3.63, 3.8) is 0 Å². The summed E-state index contributed by atoms with van der Waals surface area (Å²) in [5.74, 6) is 0.412. The molecule has 4 bridgehead atoms. The van der Waals surface area contributed by atoms with Gasteiger partial charge in [-0.2, -0.15) is 18.3 Å². The van der Waals surface area contributed by atoms with Gasteiger partial charge in [0.05, 0.1) is 37.5 Å². The SMILES string of the molecule is CCN1C(=O)NCCCCCOc2nc(cn3ncnc23)-c2cc(ncc2OC)C1C(F)(F)F. The van der Waals surface area contributed by atoms with E-state index in [1.54, 1.807) is 0 Å². The number of ether oxygens (including phenoxy) is 2. The smallest absolute Gasteiger partial charge is 0.414 e. The number of hydrogen-bond acceptors (Lipinski definition) is 7. The molecule has 13 heteroatoms. The molecule has 182 valence electrons.